The molecule has 0 spiro atoms. The topological polar surface area (TPSA) is 28.4 Å². The molecule has 0 aromatic carbocycles. The number of hydrogen-bond acceptors (Lipinski definition) is 3. The molecule has 2 rings (SSSR count). The van der Waals surface area contributed by atoms with Gasteiger partial charge in [0.15, 0.2) is 0 Å². The standard InChI is InChI=1S/C18H32N2O/c1-5-6-16-7-8-20(12-16)13-18-9-17(15(4)21-18)11-19-10-14(2)3/h9,14,16,19H,5-8,10-13H2,1-4H3. The second kappa shape index (κ2) is 8.00. The lowest BCUT2D eigenvalue weighted by molar-refractivity contribution is 0.281. The summed E-state index contributed by atoms with van der Waals surface area (Å²) in [7, 11) is 0. The molecular weight excluding hydrogens is 260 g/mol. The first-order chi connectivity index (χ1) is 10.1. The molecule has 0 saturated carbocycles. The number of nitrogens with zero attached hydrogens (tertiary/aromatic N) is 1. The molecule has 2 heterocycles. The van der Waals surface area contributed by atoms with Crippen molar-refractivity contribution in [2.24, 2.45) is 11.8 Å². The Kier molecular flexibility index (Phi) is 6.31. The largest absolute Gasteiger partial charge is 0.465 e. The van der Waals surface area contributed by atoms with Crippen molar-refractivity contribution < 1.29 is 4.42 Å². The molecule has 1 unspecified atom stereocenters. The van der Waals surface area contributed by atoms with Gasteiger partial charge in [0, 0.05) is 18.7 Å². The van der Waals surface area contributed by atoms with E-state index in [4.69, 9.17) is 4.42 Å². The van der Waals surface area contributed by atoms with Crippen molar-refractivity contribution in [2.45, 2.75) is 60.0 Å². The number of nitrogens with one attached hydrogen (secondary N) is 1. The smallest absolute Gasteiger partial charge is 0.118 e. The Labute approximate surface area is 130 Å². The molecule has 1 fully saturated rings. The predicted octanol–water partition coefficient (Wildman–Crippen LogP) is 3.96. The van der Waals surface area contributed by atoms with Crippen molar-refractivity contribution in [1.29, 1.82) is 0 Å². The minimum Gasteiger partial charge on any atom is -0.465 e. The first-order valence-electron chi connectivity index (χ1n) is 8.59. The Morgan fingerprint density at radius 2 is 2.24 bits per heavy atom. The van der Waals surface area contributed by atoms with Crippen LogP contribution in [0.15, 0.2) is 10.5 Å². The Morgan fingerprint density at radius 3 is 2.95 bits per heavy atom. The van der Waals surface area contributed by atoms with E-state index in [1.165, 1.54) is 37.9 Å². The maximum absolute atomic E-state index is 5.95. The van der Waals surface area contributed by atoms with E-state index in [1.807, 2.05) is 0 Å². The highest BCUT2D eigenvalue weighted by Crippen LogP contribution is 2.24. The van der Waals surface area contributed by atoms with E-state index in [0.717, 1.165) is 37.1 Å². The summed E-state index contributed by atoms with van der Waals surface area (Å²) < 4.78 is 5.95. The van der Waals surface area contributed by atoms with E-state index in [2.05, 4.69) is 44.0 Å². The van der Waals surface area contributed by atoms with Gasteiger partial charge in [-0.2, -0.15) is 0 Å². The number of likely N-dealkylation sites (tertiary alicyclic amines) is 1. The lowest BCUT2D eigenvalue weighted by atomic mass is 10.0. The highest BCUT2D eigenvalue weighted by atomic mass is 16.3. The van der Waals surface area contributed by atoms with Gasteiger partial charge in [-0.3, -0.25) is 4.90 Å². The van der Waals surface area contributed by atoms with Gasteiger partial charge in [0.25, 0.3) is 0 Å². The van der Waals surface area contributed by atoms with Gasteiger partial charge in [-0.15, -0.1) is 0 Å². The fraction of sp³-hybridized carbons (Fsp3) is 0.778. The molecule has 3 heteroatoms. The van der Waals surface area contributed by atoms with Crippen LogP contribution in [0.1, 0.15) is 57.1 Å². The highest BCUT2D eigenvalue weighted by molar-refractivity contribution is 5.20. The van der Waals surface area contributed by atoms with Gasteiger partial charge < -0.3 is 9.73 Å². The minimum atomic E-state index is 0.691. The van der Waals surface area contributed by atoms with Gasteiger partial charge >= 0.3 is 0 Å². The van der Waals surface area contributed by atoms with E-state index < -0.39 is 0 Å². The van der Waals surface area contributed by atoms with E-state index in [1.54, 1.807) is 0 Å². The normalized spacial score (nSPS) is 19.8. The summed E-state index contributed by atoms with van der Waals surface area (Å²) in [6, 6.07) is 2.25. The molecule has 1 aliphatic heterocycles. The summed E-state index contributed by atoms with van der Waals surface area (Å²) >= 11 is 0. The molecule has 120 valence electrons. The monoisotopic (exact) mass is 292 g/mol. The van der Waals surface area contributed by atoms with Crippen LogP contribution in [-0.4, -0.2) is 24.5 Å². The van der Waals surface area contributed by atoms with Gasteiger partial charge in [-0.1, -0.05) is 27.2 Å². The fourth-order valence-corrected chi connectivity index (χ4v) is 3.26. The van der Waals surface area contributed by atoms with Crippen molar-refractivity contribution in [3.05, 3.63) is 23.2 Å². The Morgan fingerprint density at radius 1 is 1.43 bits per heavy atom. The zero-order valence-electron chi connectivity index (χ0n) is 14.2. The SMILES string of the molecule is CCCC1CCN(Cc2cc(CNCC(C)C)c(C)o2)C1. The second-order valence-electron chi connectivity index (χ2n) is 7.00. The molecule has 21 heavy (non-hydrogen) atoms. The van der Waals surface area contributed by atoms with Crippen LogP contribution in [0.5, 0.6) is 0 Å². The Balaban J connectivity index is 1.82. The van der Waals surface area contributed by atoms with E-state index in [0.29, 0.717) is 5.92 Å². The summed E-state index contributed by atoms with van der Waals surface area (Å²) in [6.45, 7) is 14.3. The first kappa shape index (κ1) is 16.6. The molecule has 1 aromatic heterocycles. The molecule has 0 amide bonds. The van der Waals surface area contributed by atoms with Crippen molar-refractivity contribution in [2.75, 3.05) is 19.6 Å². The van der Waals surface area contributed by atoms with E-state index >= 15 is 0 Å². The lowest BCUT2D eigenvalue weighted by Gasteiger charge is -2.13. The van der Waals surface area contributed by atoms with Gasteiger partial charge in [0.05, 0.1) is 6.54 Å². The molecule has 1 N–H and O–H groups in total. The van der Waals surface area contributed by atoms with Gasteiger partial charge in [-0.25, -0.2) is 0 Å². The number of hydrogen-bond donors (Lipinski definition) is 1. The van der Waals surface area contributed by atoms with Crippen LogP contribution in [0, 0.1) is 18.8 Å². The molecule has 0 aliphatic carbocycles. The average molecular weight is 292 g/mol. The molecule has 1 aliphatic rings. The maximum Gasteiger partial charge on any atom is 0.118 e. The average Bonchev–Trinajstić information content (AvgIpc) is 2.98. The summed E-state index contributed by atoms with van der Waals surface area (Å²) in [6.07, 6.45) is 4.04. The van der Waals surface area contributed by atoms with Crippen LogP contribution in [0.2, 0.25) is 0 Å². The van der Waals surface area contributed by atoms with E-state index in [9.17, 15) is 0 Å². The maximum atomic E-state index is 5.95. The summed E-state index contributed by atoms with van der Waals surface area (Å²) in [5.74, 6) is 3.80. The van der Waals surface area contributed by atoms with Crippen LogP contribution in [-0.2, 0) is 13.1 Å². The summed E-state index contributed by atoms with van der Waals surface area (Å²) in [4.78, 5) is 2.55. The third-order valence-corrected chi connectivity index (χ3v) is 4.39. The molecular formula is C18H32N2O. The van der Waals surface area contributed by atoms with E-state index in [-0.39, 0.29) is 0 Å². The third kappa shape index (κ3) is 5.15. The van der Waals surface area contributed by atoms with Gasteiger partial charge in [0.2, 0.25) is 0 Å². The van der Waals surface area contributed by atoms with Crippen LogP contribution < -0.4 is 5.32 Å². The van der Waals surface area contributed by atoms with Gasteiger partial charge in [0.1, 0.15) is 11.5 Å². The molecule has 1 aromatic rings. The number of rotatable bonds is 8. The third-order valence-electron chi connectivity index (χ3n) is 4.39. The van der Waals surface area contributed by atoms with Crippen LogP contribution >= 0.6 is 0 Å². The van der Waals surface area contributed by atoms with Crippen LogP contribution in [0.25, 0.3) is 0 Å². The molecule has 1 saturated heterocycles. The Bertz CT molecular complexity index is 425. The van der Waals surface area contributed by atoms with Crippen LogP contribution in [0.4, 0.5) is 0 Å². The molecule has 0 radical (unpaired) electrons. The molecule has 0 bridgehead atoms. The highest BCUT2D eigenvalue weighted by Gasteiger charge is 2.22. The van der Waals surface area contributed by atoms with Crippen molar-refractivity contribution >= 4 is 0 Å². The van der Waals surface area contributed by atoms with Crippen molar-refractivity contribution in [3.8, 4) is 0 Å². The molecule has 1 atom stereocenters. The second-order valence-corrected chi connectivity index (χ2v) is 7.00. The quantitative estimate of drug-likeness (QED) is 0.786. The summed E-state index contributed by atoms with van der Waals surface area (Å²) in [5, 5.41) is 3.50. The summed E-state index contributed by atoms with van der Waals surface area (Å²) in [5.41, 5.74) is 1.31. The first-order valence-corrected chi connectivity index (χ1v) is 8.59. The predicted molar refractivity (Wildman–Crippen MR) is 88.3 cm³/mol. The minimum absolute atomic E-state index is 0.691. The van der Waals surface area contributed by atoms with Gasteiger partial charge in [-0.05, 0) is 50.8 Å². The molecule has 3 nitrogen and oxygen atoms in total. The van der Waals surface area contributed by atoms with Crippen molar-refractivity contribution in [1.82, 2.24) is 10.2 Å². The lowest BCUT2D eigenvalue weighted by Crippen LogP contribution is -2.20. The fourth-order valence-electron chi connectivity index (χ4n) is 3.26. The zero-order valence-corrected chi connectivity index (χ0v) is 14.2. The van der Waals surface area contributed by atoms with Crippen molar-refractivity contribution in [3.63, 3.8) is 0 Å². The number of furan rings is 1. The zero-order chi connectivity index (χ0) is 15.2. The Hall–Kier alpha value is -0.800. The van der Waals surface area contributed by atoms with Crippen LogP contribution in [0.3, 0.4) is 0 Å². The number of aryl methyl sites for hydroxylation is 1.